The number of anilines is 1. The normalized spacial score (nSPS) is 11.1. The van der Waals surface area contributed by atoms with Gasteiger partial charge in [-0.25, -0.2) is 4.98 Å². The Balaban J connectivity index is 1.44. The number of carbonyl (C=O) groups is 1. The zero-order valence-corrected chi connectivity index (χ0v) is 16.1. The monoisotopic (exact) mass is 390 g/mol. The van der Waals surface area contributed by atoms with Crippen molar-refractivity contribution in [1.82, 2.24) is 14.8 Å². The average molecular weight is 390 g/mol. The first-order chi connectivity index (χ1) is 14.1. The summed E-state index contributed by atoms with van der Waals surface area (Å²) in [4.78, 5) is 15.5. The largest absolute Gasteiger partial charge is 0.481 e. The molecule has 0 fully saturated rings. The maximum absolute atomic E-state index is 10.8. The zero-order valence-electron chi connectivity index (χ0n) is 16.1. The molecule has 0 saturated carbocycles. The minimum atomic E-state index is -0.833. The van der Waals surface area contributed by atoms with Gasteiger partial charge in [-0.15, -0.1) is 0 Å². The SMILES string of the molecule is Cc1oc(-c2ccccc2)nc1CCNc1cccc2c1cnn2CCC(=O)O. The Morgan fingerprint density at radius 1 is 1.17 bits per heavy atom. The number of carboxylic acids is 1. The van der Waals surface area contributed by atoms with Crippen LogP contribution in [0.15, 0.2) is 59.1 Å². The molecular formula is C22H22N4O3. The third-order valence-electron chi connectivity index (χ3n) is 4.82. The molecule has 2 heterocycles. The molecule has 4 aromatic rings. The molecule has 148 valence electrons. The van der Waals surface area contributed by atoms with E-state index >= 15 is 0 Å². The van der Waals surface area contributed by atoms with Gasteiger partial charge in [0.2, 0.25) is 5.89 Å². The molecule has 0 atom stereocenters. The predicted molar refractivity (Wildman–Crippen MR) is 111 cm³/mol. The summed E-state index contributed by atoms with van der Waals surface area (Å²) in [5.41, 5.74) is 3.78. The molecule has 0 spiro atoms. The summed E-state index contributed by atoms with van der Waals surface area (Å²) in [5, 5.41) is 17.6. The third kappa shape index (κ3) is 4.13. The van der Waals surface area contributed by atoms with E-state index in [0.717, 1.165) is 40.0 Å². The third-order valence-corrected chi connectivity index (χ3v) is 4.82. The van der Waals surface area contributed by atoms with Gasteiger partial charge in [0.1, 0.15) is 5.76 Å². The van der Waals surface area contributed by atoms with E-state index in [1.165, 1.54) is 0 Å². The molecule has 0 aliphatic carbocycles. The van der Waals surface area contributed by atoms with Gasteiger partial charge in [-0.3, -0.25) is 9.48 Å². The summed E-state index contributed by atoms with van der Waals surface area (Å²) < 4.78 is 7.55. The lowest BCUT2D eigenvalue weighted by atomic mass is 10.2. The van der Waals surface area contributed by atoms with E-state index in [0.29, 0.717) is 19.0 Å². The molecule has 2 N–H and O–H groups in total. The summed E-state index contributed by atoms with van der Waals surface area (Å²) in [7, 11) is 0. The van der Waals surface area contributed by atoms with Crippen LogP contribution in [-0.4, -0.2) is 32.4 Å². The van der Waals surface area contributed by atoms with Crippen LogP contribution in [0.25, 0.3) is 22.4 Å². The van der Waals surface area contributed by atoms with Crippen molar-refractivity contribution in [3.8, 4) is 11.5 Å². The molecular weight excluding hydrogens is 368 g/mol. The van der Waals surface area contributed by atoms with Crippen LogP contribution in [0.2, 0.25) is 0 Å². The van der Waals surface area contributed by atoms with Crippen molar-refractivity contribution >= 4 is 22.6 Å². The van der Waals surface area contributed by atoms with Gasteiger partial charge in [0.25, 0.3) is 0 Å². The van der Waals surface area contributed by atoms with Crippen LogP contribution in [0, 0.1) is 6.92 Å². The Kier molecular flexibility index (Phi) is 5.29. The van der Waals surface area contributed by atoms with Crippen molar-refractivity contribution in [3.63, 3.8) is 0 Å². The molecule has 0 radical (unpaired) electrons. The van der Waals surface area contributed by atoms with E-state index in [1.807, 2.05) is 55.5 Å². The molecule has 2 aromatic heterocycles. The number of aryl methyl sites for hydroxylation is 2. The van der Waals surface area contributed by atoms with Crippen LogP contribution in [0.4, 0.5) is 5.69 Å². The molecule has 0 bridgehead atoms. The first kappa shape index (κ1) is 18.7. The van der Waals surface area contributed by atoms with E-state index in [1.54, 1.807) is 10.9 Å². The van der Waals surface area contributed by atoms with Crippen molar-refractivity contribution in [1.29, 1.82) is 0 Å². The van der Waals surface area contributed by atoms with Crippen LogP contribution < -0.4 is 5.32 Å². The standard InChI is InChI=1S/C22H22N4O3/c1-15-18(25-22(29-15)16-6-3-2-4-7-16)10-12-23-19-8-5-9-20-17(19)14-24-26(20)13-11-21(27)28/h2-9,14,23H,10-13H2,1H3,(H,27,28). The number of hydrogen-bond acceptors (Lipinski definition) is 5. The van der Waals surface area contributed by atoms with Gasteiger partial charge in [-0.2, -0.15) is 5.10 Å². The fourth-order valence-corrected chi connectivity index (χ4v) is 3.32. The topological polar surface area (TPSA) is 93.2 Å². The number of aliphatic carboxylic acids is 1. The number of fused-ring (bicyclic) bond motifs is 1. The lowest BCUT2D eigenvalue weighted by Gasteiger charge is -2.07. The second kappa shape index (κ2) is 8.18. The molecule has 29 heavy (non-hydrogen) atoms. The van der Waals surface area contributed by atoms with Gasteiger partial charge in [-0.1, -0.05) is 24.3 Å². The number of aromatic nitrogens is 3. The highest BCUT2D eigenvalue weighted by Crippen LogP contribution is 2.24. The summed E-state index contributed by atoms with van der Waals surface area (Å²) in [6.07, 6.45) is 2.55. The van der Waals surface area contributed by atoms with Crippen molar-refractivity contribution in [2.45, 2.75) is 26.3 Å². The maximum atomic E-state index is 10.8. The van der Waals surface area contributed by atoms with Crippen LogP contribution in [0.1, 0.15) is 17.9 Å². The Morgan fingerprint density at radius 3 is 2.79 bits per heavy atom. The Bertz CT molecular complexity index is 1130. The van der Waals surface area contributed by atoms with Crippen LogP contribution in [0.5, 0.6) is 0 Å². The van der Waals surface area contributed by atoms with Crippen LogP contribution in [-0.2, 0) is 17.8 Å². The summed E-state index contributed by atoms with van der Waals surface area (Å²) in [6, 6.07) is 15.7. The average Bonchev–Trinajstić information content (AvgIpc) is 3.31. The molecule has 0 aliphatic heterocycles. The smallest absolute Gasteiger partial charge is 0.305 e. The van der Waals surface area contributed by atoms with E-state index in [-0.39, 0.29) is 6.42 Å². The number of oxazole rings is 1. The Labute approximate surface area is 168 Å². The van der Waals surface area contributed by atoms with E-state index in [4.69, 9.17) is 9.52 Å². The molecule has 7 nitrogen and oxygen atoms in total. The van der Waals surface area contributed by atoms with Crippen LogP contribution >= 0.6 is 0 Å². The first-order valence-electron chi connectivity index (χ1n) is 9.54. The van der Waals surface area contributed by atoms with Gasteiger partial charge in [-0.05, 0) is 31.2 Å². The number of nitrogens with zero attached hydrogens (tertiary/aromatic N) is 3. The maximum Gasteiger partial charge on any atom is 0.305 e. The van der Waals surface area contributed by atoms with E-state index < -0.39 is 5.97 Å². The van der Waals surface area contributed by atoms with Crippen molar-refractivity contribution in [2.75, 3.05) is 11.9 Å². The second-order valence-corrected chi connectivity index (χ2v) is 6.81. The minimum absolute atomic E-state index is 0.0453. The minimum Gasteiger partial charge on any atom is -0.481 e. The Morgan fingerprint density at radius 2 is 2.00 bits per heavy atom. The molecule has 2 aromatic carbocycles. The number of hydrogen-bond donors (Lipinski definition) is 2. The van der Waals surface area contributed by atoms with Gasteiger partial charge < -0.3 is 14.8 Å². The number of benzene rings is 2. The van der Waals surface area contributed by atoms with Crippen molar-refractivity contribution in [3.05, 3.63) is 66.2 Å². The number of nitrogens with one attached hydrogen (secondary N) is 1. The van der Waals surface area contributed by atoms with Gasteiger partial charge in [0.05, 0.1) is 30.4 Å². The lowest BCUT2D eigenvalue weighted by molar-refractivity contribution is -0.137. The Hall–Kier alpha value is -3.61. The highest BCUT2D eigenvalue weighted by Gasteiger charge is 2.12. The summed E-state index contributed by atoms with van der Waals surface area (Å²) >= 11 is 0. The highest BCUT2D eigenvalue weighted by molar-refractivity contribution is 5.91. The zero-order chi connectivity index (χ0) is 20.2. The molecule has 0 aliphatic rings. The molecule has 7 heteroatoms. The van der Waals surface area contributed by atoms with Gasteiger partial charge in [0.15, 0.2) is 0 Å². The van der Waals surface area contributed by atoms with Gasteiger partial charge in [0, 0.05) is 29.6 Å². The molecule has 0 amide bonds. The highest BCUT2D eigenvalue weighted by atomic mass is 16.4. The fourth-order valence-electron chi connectivity index (χ4n) is 3.32. The quantitative estimate of drug-likeness (QED) is 0.470. The van der Waals surface area contributed by atoms with Gasteiger partial charge >= 0.3 is 5.97 Å². The van der Waals surface area contributed by atoms with Crippen LogP contribution in [0.3, 0.4) is 0 Å². The summed E-state index contributed by atoms with van der Waals surface area (Å²) in [5.74, 6) is 0.631. The second-order valence-electron chi connectivity index (χ2n) is 6.81. The fraction of sp³-hybridized carbons (Fsp3) is 0.227. The number of rotatable bonds is 8. The van der Waals surface area contributed by atoms with E-state index in [2.05, 4.69) is 15.4 Å². The number of carboxylic acid groups (broad SMARTS) is 1. The van der Waals surface area contributed by atoms with Crippen molar-refractivity contribution in [2.24, 2.45) is 0 Å². The van der Waals surface area contributed by atoms with E-state index in [9.17, 15) is 4.79 Å². The summed E-state index contributed by atoms with van der Waals surface area (Å²) in [6.45, 7) is 2.98. The predicted octanol–water partition coefficient (Wildman–Crippen LogP) is 4.13. The van der Waals surface area contributed by atoms with Crippen molar-refractivity contribution < 1.29 is 14.3 Å². The first-order valence-corrected chi connectivity index (χ1v) is 9.54. The lowest BCUT2D eigenvalue weighted by Crippen LogP contribution is -2.07. The molecule has 4 rings (SSSR count). The molecule has 0 saturated heterocycles. The molecule has 0 unspecified atom stereocenters.